The molecule has 1 unspecified atom stereocenters. The minimum absolute atomic E-state index is 0.136. The van der Waals surface area contributed by atoms with E-state index in [0.717, 1.165) is 12.1 Å². The van der Waals surface area contributed by atoms with Crippen molar-refractivity contribution in [1.82, 2.24) is 4.90 Å². The van der Waals surface area contributed by atoms with Gasteiger partial charge in [-0.05, 0) is 30.2 Å². The van der Waals surface area contributed by atoms with Crippen molar-refractivity contribution >= 4 is 17.4 Å². The largest absolute Gasteiger partial charge is 0.481 e. The number of ether oxygens (including phenoxy) is 1. The Hall–Kier alpha value is -2.35. The van der Waals surface area contributed by atoms with Crippen LogP contribution in [-0.4, -0.2) is 47.7 Å². The Morgan fingerprint density at radius 2 is 2.12 bits per heavy atom. The highest BCUT2D eigenvalue weighted by atomic mass is 19.4. The maximum absolute atomic E-state index is 12.8. The highest BCUT2D eigenvalue weighted by Crippen LogP contribution is 2.31. The number of nitrogens with zero attached hydrogens (tertiary/aromatic N) is 1. The van der Waals surface area contributed by atoms with Crippen LogP contribution in [0.4, 0.5) is 13.2 Å². The number of carboxylic acid groups (broad SMARTS) is 1. The minimum Gasteiger partial charge on any atom is -0.481 e. The average Bonchev–Trinajstić information content (AvgIpc) is 2.53. The number of rotatable bonds is 4. The monoisotopic (exact) mass is 357 g/mol. The molecule has 1 aliphatic rings. The first-order valence-corrected chi connectivity index (χ1v) is 7.65. The van der Waals surface area contributed by atoms with Gasteiger partial charge in [-0.2, -0.15) is 13.2 Å². The van der Waals surface area contributed by atoms with Crippen LogP contribution in [0.1, 0.15) is 24.5 Å². The molecule has 1 N–H and O–H groups in total. The van der Waals surface area contributed by atoms with Gasteiger partial charge >= 0.3 is 12.1 Å². The molecule has 8 heteroatoms. The standard InChI is InChI=1S/C17H18F3NO4/c1-11(12-3-2-4-13(8-12)17(18,19)20)7-15(22)21-5-6-25-14(10-21)9-16(23)24/h2-4,7-8,14H,5-6,9-10H2,1H3,(H,23,24)/b11-7+. The van der Waals surface area contributed by atoms with Crippen LogP contribution in [0, 0.1) is 0 Å². The Morgan fingerprint density at radius 3 is 2.76 bits per heavy atom. The van der Waals surface area contributed by atoms with Crippen molar-refractivity contribution in [3.05, 3.63) is 41.5 Å². The van der Waals surface area contributed by atoms with E-state index in [9.17, 15) is 22.8 Å². The van der Waals surface area contributed by atoms with Gasteiger partial charge in [-0.15, -0.1) is 0 Å². The first kappa shape index (κ1) is 19.0. The molecule has 0 radical (unpaired) electrons. The number of carbonyl (C=O) groups excluding carboxylic acids is 1. The summed E-state index contributed by atoms with van der Waals surface area (Å²) in [7, 11) is 0. The van der Waals surface area contributed by atoms with Crippen molar-refractivity contribution in [3.8, 4) is 0 Å². The SMILES string of the molecule is C/C(=C\C(=O)N1CCOC(CC(=O)O)C1)c1cccc(C(F)(F)F)c1. The number of halogens is 3. The third-order valence-electron chi connectivity index (χ3n) is 3.84. The number of hydrogen-bond acceptors (Lipinski definition) is 3. The summed E-state index contributed by atoms with van der Waals surface area (Å²) in [5, 5.41) is 8.79. The number of benzene rings is 1. The lowest BCUT2D eigenvalue weighted by atomic mass is 10.0. The van der Waals surface area contributed by atoms with Gasteiger partial charge in [0.1, 0.15) is 0 Å². The summed E-state index contributed by atoms with van der Waals surface area (Å²) < 4.78 is 43.6. The van der Waals surface area contributed by atoms with Crippen LogP contribution >= 0.6 is 0 Å². The normalized spacial score (nSPS) is 19.0. The second kappa shape index (κ2) is 7.69. The van der Waals surface area contributed by atoms with Crippen LogP contribution in [-0.2, 0) is 20.5 Å². The predicted octanol–water partition coefficient (Wildman–Crippen LogP) is 2.81. The van der Waals surface area contributed by atoms with E-state index in [4.69, 9.17) is 9.84 Å². The van der Waals surface area contributed by atoms with Gasteiger partial charge in [0, 0.05) is 19.2 Å². The Kier molecular flexibility index (Phi) is 5.84. The summed E-state index contributed by atoms with van der Waals surface area (Å²) >= 11 is 0. The smallest absolute Gasteiger partial charge is 0.416 e. The van der Waals surface area contributed by atoms with Gasteiger partial charge in [0.15, 0.2) is 0 Å². The Morgan fingerprint density at radius 1 is 1.40 bits per heavy atom. The number of morpholine rings is 1. The van der Waals surface area contributed by atoms with Gasteiger partial charge in [-0.1, -0.05) is 12.1 Å². The number of alkyl halides is 3. The van der Waals surface area contributed by atoms with Gasteiger partial charge in [0.05, 0.1) is 24.7 Å². The summed E-state index contributed by atoms with van der Waals surface area (Å²) in [6.45, 7) is 2.22. The molecule has 25 heavy (non-hydrogen) atoms. The van der Waals surface area contributed by atoms with Crippen molar-refractivity contribution in [1.29, 1.82) is 0 Å². The molecule has 0 bridgehead atoms. The zero-order valence-electron chi connectivity index (χ0n) is 13.5. The molecule has 0 aliphatic carbocycles. The van der Waals surface area contributed by atoms with Gasteiger partial charge < -0.3 is 14.7 Å². The second-order valence-corrected chi connectivity index (χ2v) is 5.78. The number of hydrogen-bond donors (Lipinski definition) is 1. The third kappa shape index (κ3) is 5.32. The van der Waals surface area contributed by atoms with Crippen molar-refractivity contribution in [2.24, 2.45) is 0 Å². The van der Waals surface area contributed by atoms with Crippen molar-refractivity contribution in [2.75, 3.05) is 19.7 Å². The average molecular weight is 357 g/mol. The number of amides is 1. The highest BCUT2D eigenvalue weighted by Gasteiger charge is 2.30. The van der Waals surface area contributed by atoms with Gasteiger partial charge in [-0.25, -0.2) is 0 Å². The summed E-state index contributed by atoms with van der Waals surface area (Å²) in [5.74, 6) is -1.40. The van der Waals surface area contributed by atoms with E-state index in [1.165, 1.54) is 23.1 Å². The van der Waals surface area contributed by atoms with Crippen molar-refractivity contribution < 1.29 is 32.6 Å². The van der Waals surface area contributed by atoms with E-state index >= 15 is 0 Å². The van der Waals surface area contributed by atoms with E-state index in [1.54, 1.807) is 6.92 Å². The molecule has 0 saturated carbocycles. The van der Waals surface area contributed by atoms with E-state index in [1.807, 2.05) is 0 Å². The van der Waals surface area contributed by atoms with Crippen LogP contribution in [0.2, 0.25) is 0 Å². The van der Waals surface area contributed by atoms with Crippen LogP contribution in [0.15, 0.2) is 30.3 Å². The first-order valence-electron chi connectivity index (χ1n) is 7.65. The zero-order valence-corrected chi connectivity index (χ0v) is 13.5. The summed E-state index contributed by atoms with van der Waals surface area (Å²) in [6.07, 6.45) is -3.98. The van der Waals surface area contributed by atoms with E-state index in [0.29, 0.717) is 17.7 Å². The molecule has 5 nitrogen and oxygen atoms in total. The summed E-state index contributed by atoms with van der Waals surface area (Å²) in [5.41, 5.74) is -0.0750. The fourth-order valence-corrected chi connectivity index (χ4v) is 2.54. The van der Waals surface area contributed by atoms with Gasteiger partial charge in [-0.3, -0.25) is 9.59 Å². The molecule has 0 aromatic heterocycles. The Labute approximate surface area is 142 Å². The van der Waals surface area contributed by atoms with E-state index in [2.05, 4.69) is 0 Å². The molecule has 1 aromatic carbocycles. The number of carbonyl (C=O) groups is 2. The Balaban J connectivity index is 2.11. The molecule has 1 aliphatic heterocycles. The molecule has 0 spiro atoms. The van der Waals surface area contributed by atoms with Gasteiger partial charge in [0.25, 0.3) is 0 Å². The highest BCUT2D eigenvalue weighted by molar-refractivity contribution is 5.95. The molecular formula is C17H18F3NO4. The fourth-order valence-electron chi connectivity index (χ4n) is 2.54. The topological polar surface area (TPSA) is 66.8 Å². The molecule has 1 fully saturated rings. The molecule has 1 atom stereocenters. The molecule has 1 saturated heterocycles. The van der Waals surface area contributed by atoms with Crippen molar-refractivity contribution in [3.63, 3.8) is 0 Å². The van der Waals surface area contributed by atoms with Gasteiger partial charge in [0.2, 0.25) is 5.91 Å². The molecule has 1 amide bonds. The first-order chi connectivity index (χ1) is 11.7. The molecule has 1 heterocycles. The number of aliphatic carboxylic acids is 1. The lowest BCUT2D eigenvalue weighted by Gasteiger charge is -2.31. The molecule has 136 valence electrons. The van der Waals surface area contributed by atoms with Crippen molar-refractivity contribution in [2.45, 2.75) is 25.6 Å². The fraction of sp³-hybridized carbons (Fsp3) is 0.412. The van der Waals surface area contributed by atoms with E-state index in [-0.39, 0.29) is 25.5 Å². The molecule has 1 aromatic rings. The predicted molar refractivity (Wildman–Crippen MR) is 83.7 cm³/mol. The van der Waals surface area contributed by atoms with Crippen LogP contribution in [0.25, 0.3) is 5.57 Å². The second-order valence-electron chi connectivity index (χ2n) is 5.78. The number of allylic oxidation sites excluding steroid dienone is 1. The quantitative estimate of drug-likeness (QED) is 0.842. The summed E-state index contributed by atoms with van der Waals surface area (Å²) in [4.78, 5) is 24.5. The summed E-state index contributed by atoms with van der Waals surface area (Å²) in [6, 6.07) is 4.75. The number of carboxylic acids is 1. The lowest BCUT2D eigenvalue weighted by molar-refractivity contribution is -0.145. The van der Waals surface area contributed by atoms with Crippen LogP contribution in [0.5, 0.6) is 0 Å². The van der Waals surface area contributed by atoms with Crippen LogP contribution < -0.4 is 0 Å². The van der Waals surface area contributed by atoms with Crippen LogP contribution in [0.3, 0.4) is 0 Å². The maximum Gasteiger partial charge on any atom is 0.416 e. The maximum atomic E-state index is 12.8. The molecular weight excluding hydrogens is 339 g/mol. The van der Waals surface area contributed by atoms with E-state index < -0.39 is 23.8 Å². The minimum atomic E-state index is -4.45. The Bertz CT molecular complexity index is 685. The third-order valence-corrected chi connectivity index (χ3v) is 3.84. The lowest BCUT2D eigenvalue weighted by Crippen LogP contribution is -2.45. The zero-order chi connectivity index (χ0) is 18.6. The molecule has 2 rings (SSSR count).